The highest BCUT2D eigenvalue weighted by Crippen LogP contribution is 2.66. The predicted molar refractivity (Wildman–Crippen MR) is 112 cm³/mol. The molecular weight excluding hydrogens is 444 g/mol. The SMILES string of the molecule is COC[C@H]1OC(=O)C23N=NCC2OC2=C3[C@@]1(C)C1=C(C2=O)[C@@H]2CCC(=O)[C@@]2(C)C[C@H]1OC(C)=O. The predicted octanol–water partition coefficient (Wildman–Crippen LogP) is 1.62. The molecule has 2 fully saturated rings. The third kappa shape index (κ3) is 2.25. The van der Waals surface area contributed by atoms with Gasteiger partial charge in [-0.25, -0.2) is 4.79 Å². The van der Waals surface area contributed by atoms with Crippen LogP contribution in [0, 0.1) is 16.7 Å². The molecular formula is C24H26N2O8. The number of allylic oxidation sites excluding steroid dienone is 1. The number of esters is 2. The van der Waals surface area contributed by atoms with Gasteiger partial charge < -0.3 is 18.9 Å². The fourth-order valence-corrected chi connectivity index (χ4v) is 7.32. The molecule has 0 aromatic heterocycles. The van der Waals surface area contributed by atoms with E-state index in [0.29, 0.717) is 29.6 Å². The molecule has 3 aliphatic heterocycles. The van der Waals surface area contributed by atoms with Gasteiger partial charge in [-0.05, 0) is 18.9 Å². The van der Waals surface area contributed by atoms with Crippen molar-refractivity contribution in [3.05, 3.63) is 22.5 Å². The van der Waals surface area contributed by atoms with Crippen LogP contribution < -0.4 is 0 Å². The highest BCUT2D eigenvalue weighted by Gasteiger charge is 2.75. The van der Waals surface area contributed by atoms with E-state index in [2.05, 4.69) is 10.2 Å². The Balaban J connectivity index is 1.65. The van der Waals surface area contributed by atoms with E-state index in [1.54, 1.807) is 0 Å². The molecule has 1 saturated heterocycles. The molecule has 7 atom stereocenters. The van der Waals surface area contributed by atoms with Crippen LogP contribution in [0.15, 0.2) is 32.7 Å². The van der Waals surface area contributed by atoms with Gasteiger partial charge >= 0.3 is 11.9 Å². The molecule has 34 heavy (non-hydrogen) atoms. The average Bonchev–Trinajstić information content (AvgIpc) is 3.40. The molecule has 10 heteroatoms. The zero-order valence-electron chi connectivity index (χ0n) is 19.5. The average molecular weight is 470 g/mol. The Bertz CT molecular complexity index is 1170. The fraction of sp³-hybridized carbons (Fsp3) is 0.667. The van der Waals surface area contributed by atoms with Crippen molar-refractivity contribution < 1.29 is 38.1 Å². The highest BCUT2D eigenvalue weighted by atomic mass is 16.6. The standard InChI is InChI=1S/C24H26N2O8/c1-10(27)32-12-7-22(2)11(5-6-13(22)28)16-17(12)23(3)15(9-31-4)34-21(30)24-14(8-25-26-24)33-19(18(16)29)20(23)24/h11-12,14-15H,5-9H2,1-4H3/t11-,12+,14?,15+,22-,23+,24?/m0/s1. The number of hydrogen-bond acceptors (Lipinski definition) is 10. The molecule has 0 N–H and O–H groups in total. The molecule has 0 aromatic rings. The Morgan fingerprint density at radius 3 is 2.68 bits per heavy atom. The van der Waals surface area contributed by atoms with E-state index >= 15 is 0 Å². The number of nitrogens with zero attached hydrogens (tertiary/aromatic N) is 2. The third-order valence-corrected chi connectivity index (χ3v) is 8.81. The van der Waals surface area contributed by atoms with E-state index in [-0.39, 0.29) is 42.8 Å². The number of rotatable bonds is 3. The normalized spacial score (nSPS) is 43.8. The second kappa shape index (κ2) is 6.62. The number of Topliss-reactive ketones (excluding diaryl/α,β-unsaturated/α-hetero) is 2. The number of carbonyl (C=O) groups is 4. The van der Waals surface area contributed by atoms with Gasteiger partial charge in [-0.1, -0.05) is 6.92 Å². The summed E-state index contributed by atoms with van der Waals surface area (Å²) in [5.74, 6) is -1.71. The van der Waals surface area contributed by atoms with Gasteiger partial charge in [0.25, 0.3) is 0 Å². The van der Waals surface area contributed by atoms with Gasteiger partial charge in [-0.15, -0.1) is 0 Å². The molecule has 6 aliphatic rings. The summed E-state index contributed by atoms with van der Waals surface area (Å²) in [6.07, 6.45) is -1.30. The van der Waals surface area contributed by atoms with E-state index in [1.165, 1.54) is 14.0 Å². The Kier molecular flexibility index (Phi) is 4.21. The van der Waals surface area contributed by atoms with Crippen molar-refractivity contribution in [1.82, 2.24) is 0 Å². The number of methoxy groups -OCH3 is 1. The van der Waals surface area contributed by atoms with Gasteiger partial charge in [0.1, 0.15) is 24.5 Å². The van der Waals surface area contributed by atoms with Gasteiger partial charge in [0.15, 0.2) is 11.9 Å². The van der Waals surface area contributed by atoms with E-state index in [9.17, 15) is 19.2 Å². The van der Waals surface area contributed by atoms with Crippen molar-refractivity contribution in [2.75, 3.05) is 20.3 Å². The van der Waals surface area contributed by atoms with Crippen molar-refractivity contribution >= 4 is 23.5 Å². The lowest BCUT2D eigenvalue weighted by Crippen LogP contribution is -2.63. The molecule has 3 aliphatic carbocycles. The van der Waals surface area contributed by atoms with Crippen molar-refractivity contribution in [2.45, 2.75) is 63.9 Å². The summed E-state index contributed by atoms with van der Waals surface area (Å²) < 4.78 is 23.3. The van der Waals surface area contributed by atoms with Crippen molar-refractivity contribution in [1.29, 1.82) is 0 Å². The first-order valence-corrected chi connectivity index (χ1v) is 11.6. The van der Waals surface area contributed by atoms with Gasteiger partial charge in [0, 0.05) is 49.4 Å². The lowest BCUT2D eigenvalue weighted by Gasteiger charge is -2.54. The molecule has 10 nitrogen and oxygen atoms in total. The summed E-state index contributed by atoms with van der Waals surface area (Å²) in [7, 11) is 1.50. The van der Waals surface area contributed by atoms with E-state index in [1.807, 2.05) is 13.8 Å². The fourth-order valence-electron chi connectivity index (χ4n) is 7.32. The molecule has 0 aromatic carbocycles. The van der Waals surface area contributed by atoms with Crippen LogP contribution in [0.4, 0.5) is 0 Å². The van der Waals surface area contributed by atoms with E-state index < -0.39 is 46.6 Å². The molecule has 3 heterocycles. The first-order valence-electron chi connectivity index (χ1n) is 11.6. The topological polar surface area (TPSA) is 130 Å². The van der Waals surface area contributed by atoms with Crippen LogP contribution >= 0.6 is 0 Å². The number of ketones is 2. The van der Waals surface area contributed by atoms with Gasteiger partial charge in [0.05, 0.1) is 12.0 Å². The Morgan fingerprint density at radius 1 is 1.21 bits per heavy atom. The number of cyclic esters (lactones) is 1. The summed E-state index contributed by atoms with van der Waals surface area (Å²) in [5, 5.41) is 8.36. The van der Waals surface area contributed by atoms with Crippen molar-refractivity contribution in [3.63, 3.8) is 0 Å². The first kappa shape index (κ1) is 21.6. The van der Waals surface area contributed by atoms with Gasteiger partial charge in [-0.2, -0.15) is 10.2 Å². The van der Waals surface area contributed by atoms with Crippen LogP contribution in [-0.4, -0.2) is 67.6 Å². The van der Waals surface area contributed by atoms with Crippen LogP contribution in [0.2, 0.25) is 0 Å². The minimum atomic E-state index is -1.55. The molecule has 0 amide bonds. The molecule has 1 spiro atoms. The maximum absolute atomic E-state index is 14.1. The van der Waals surface area contributed by atoms with Gasteiger partial charge in [0.2, 0.25) is 11.3 Å². The molecule has 6 rings (SSSR count). The quantitative estimate of drug-likeness (QED) is 0.569. The molecule has 1 saturated carbocycles. The number of ether oxygens (including phenoxy) is 4. The minimum absolute atomic E-state index is 0.0511. The molecule has 0 radical (unpaired) electrons. The van der Waals surface area contributed by atoms with Crippen molar-refractivity contribution in [2.24, 2.45) is 27.0 Å². The zero-order valence-corrected chi connectivity index (χ0v) is 19.5. The summed E-state index contributed by atoms with van der Waals surface area (Å²) in [6.45, 7) is 5.20. The number of azo groups is 1. The maximum Gasteiger partial charge on any atom is 0.344 e. The highest BCUT2D eigenvalue weighted by molar-refractivity contribution is 6.14. The summed E-state index contributed by atoms with van der Waals surface area (Å²) >= 11 is 0. The largest absolute Gasteiger partial charge is 0.481 e. The Labute approximate surface area is 195 Å². The number of carbonyl (C=O) groups excluding carboxylic acids is 4. The molecule has 180 valence electrons. The Hall–Kier alpha value is -2.88. The molecule has 0 bridgehead atoms. The van der Waals surface area contributed by atoms with E-state index in [4.69, 9.17) is 18.9 Å². The van der Waals surface area contributed by atoms with Crippen molar-refractivity contribution in [3.8, 4) is 0 Å². The monoisotopic (exact) mass is 470 g/mol. The van der Waals surface area contributed by atoms with Gasteiger partial charge in [-0.3, -0.25) is 14.4 Å². The smallest absolute Gasteiger partial charge is 0.344 e. The first-order chi connectivity index (χ1) is 16.1. The van der Waals surface area contributed by atoms with Crippen LogP contribution in [-0.2, 0) is 38.1 Å². The summed E-state index contributed by atoms with van der Waals surface area (Å²) in [4.78, 5) is 52.6. The van der Waals surface area contributed by atoms with Crippen LogP contribution in [0.3, 0.4) is 0 Å². The zero-order chi connectivity index (χ0) is 24.2. The summed E-state index contributed by atoms with van der Waals surface area (Å²) in [6, 6.07) is 0. The lowest BCUT2D eigenvalue weighted by atomic mass is 9.52. The molecule has 2 unspecified atom stereocenters. The van der Waals surface area contributed by atoms with E-state index in [0.717, 1.165) is 0 Å². The Morgan fingerprint density at radius 2 is 1.97 bits per heavy atom. The summed E-state index contributed by atoms with van der Waals surface area (Å²) in [5.41, 5.74) is -2.04. The second-order valence-corrected chi connectivity index (χ2v) is 10.4. The third-order valence-electron chi connectivity index (χ3n) is 8.81. The minimum Gasteiger partial charge on any atom is -0.481 e. The van der Waals surface area contributed by atoms with Crippen LogP contribution in [0.25, 0.3) is 0 Å². The maximum atomic E-state index is 14.1. The van der Waals surface area contributed by atoms with Crippen LogP contribution in [0.5, 0.6) is 0 Å². The second-order valence-electron chi connectivity index (χ2n) is 10.4. The number of hydrogen-bond donors (Lipinski definition) is 0. The number of fused-ring (bicyclic) bond motifs is 3. The van der Waals surface area contributed by atoms with Crippen LogP contribution in [0.1, 0.15) is 40.0 Å². The lowest BCUT2D eigenvalue weighted by molar-refractivity contribution is -0.174.